The molecule has 1 amide bonds. The van der Waals surface area contributed by atoms with Crippen molar-refractivity contribution < 1.29 is 19.4 Å². The maximum absolute atomic E-state index is 11.8. The van der Waals surface area contributed by atoms with Gasteiger partial charge >= 0.3 is 5.97 Å². The average Bonchev–Trinajstić information content (AvgIpc) is 2.36. The fraction of sp³-hybridized carbons (Fsp3) is 0.429. The second-order valence-electron chi connectivity index (χ2n) is 4.54. The first-order valence-corrected chi connectivity index (χ1v) is 7.04. The van der Waals surface area contributed by atoms with Crippen LogP contribution < -0.4 is 4.74 Å². The van der Waals surface area contributed by atoms with Gasteiger partial charge in [-0.15, -0.1) is 0 Å². The van der Waals surface area contributed by atoms with Crippen molar-refractivity contribution in [2.45, 2.75) is 19.8 Å². The van der Waals surface area contributed by atoms with Gasteiger partial charge in [-0.25, -0.2) is 0 Å². The normalized spacial score (nSPS) is 10.2. The van der Waals surface area contributed by atoms with Gasteiger partial charge in [0.1, 0.15) is 5.75 Å². The second kappa shape index (κ2) is 7.89. The van der Waals surface area contributed by atoms with E-state index < -0.39 is 5.97 Å². The molecular weight excluding hydrogens is 326 g/mol. The van der Waals surface area contributed by atoms with E-state index in [0.29, 0.717) is 18.7 Å². The maximum atomic E-state index is 11.8. The van der Waals surface area contributed by atoms with Crippen LogP contribution in [0.1, 0.15) is 18.4 Å². The molecule has 0 saturated heterocycles. The molecule has 0 bridgehead atoms. The molecule has 0 aromatic heterocycles. The third-order valence-electron chi connectivity index (χ3n) is 2.75. The Labute approximate surface area is 126 Å². The number of carbonyl (C=O) groups excluding carboxylic acids is 1. The molecule has 6 heteroatoms. The smallest absolute Gasteiger partial charge is 0.303 e. The molecule has 0 aliphatic heterocycles. The Balaban J connectivity index is 2.40. The first-order chi connectivity index (χ1) is 9.40. The molecule has 0 heterocycles. The molecule has 5 nitrogen and oxygen atoms in total. The highest BCUT2D eigenvalue weighted by Crippen LogP contribution is 2.25. The fourth-order valence-electron chi connectivity index (χ4n) is 1.56. The van der Waals surface area contributed by atoms with Crippen LogP contribution in [0.15, 0.2) is 22.7 Å². The SMILES string of the molecule is Cc1ccc(OCC(=O)N(C)CCCC(=O)O)c(Br)c1. The lowest BCUT2D eigenvalue weighted by Crippen LogP contribution is -2.32. The van der Waals surface area contributed by atoms with Crippen LogP contribution in [-0.4, -0.2) is 42.1 Å². The number of carboxylic acids is 1. The molecule has 1 rings (SSSR count). The minimum absolute atomic E-state index is 0.0575. The zero-order valence-electron chi connectivity index (χ0n) is 11.6. The molecule has 1 N–H and O–H groups in total. The lowest BCUT2D eigenvalue weighted by atomic mass is 10.2. The van der Waals surface area contributed by atoms with Crippen LogP contribution in [0.25, 0.3) is 0 Å². The molecule has 1 aromatic carbocycles. The van der Waals surface area contributed by atoms with Gasteiger partial charge in [0.15, 0.2) is 6.61 Å². The number of amides is 1. The molecule has 1 aromatic rings. The number of ether oxygens (including phenoxy) is 1. The van der Waals surface area contributed by atoms with Crippen LogP contribution in [0.4, 0.5) is 0 Å². The minimum atomic E-state index is -0.856. The number of carbonyl (C=O) groups is 2. The Bertz CT molecular complexity index is 490. The summed E-state index contributed by atoms with van der Waals surface area (Å²) in [4.78, 5) is 23.7. The Kier molecular flexibility index (Phi) is 6.51. The highest BCUT2D eigenvalue weighted by Gasteiger charge is 2.11. The van der Waals surface area contributed by atoms with Gasteiger partial charge in [0.25, 0.3) is 5.91 Å². The zero-order chi connectivity index (χ0) is 15.1. The van der Waals surface area contributed by atoms with E-state index in [1.165, 1.54) is 4.90 Å². The van der Waals surface area contributed by atoms with E-state index in [2.05, 4.69) is 15.9 Å². The summed E-state index contributed by atoms with van der Waals surface area (Å²) in [6, 6.07) is 5.62. The van der Waals surface area contributed by atoms with Crippen LogP contribution in [0.3, 0.4) is 0 Å². The Morgan fingerprint density at radius 3 is 2.70 bits per heavy atom. The van der Waals surface area contributed by atoms with Crippen LogP contribution >= 0.6 is 15.9 Å². The van der Waals surface area contributed by atoms with E-state index in [1.807, 2.05) is 19.1 Å². The molecule has 110 valence electrons. The van der Waals surface area contributed by atoms with Crippen LogP contribution in [0.5, 0.6) is 5.75 Å². The number of carboxylic acid groups (broad SMARTS) is 1. The Morgan fingerprint density at radius 2 is 2.10 bits per heavy atom. The van der Waals surface area contributed by atoms with Crippen molar-refractivity contribution in [2.24, 2.45) is 0 Å². The molecule has 20 heavy (non-hydrogen) atoms. The van der Waals surface area contributed by atoms with Crippen LogP contribution in [-0.2, 0) is 9.59 Å². The lowest BCUT2D eigenvalue weighted by molar-refractivity contribution is -0.138. The number of hydrogen-bond donors (Lipinski definition) is 1. The van der Waals surface area contributed by atoms with Gasteiger partial charge in [0, 0.05) is 20.0 Å². The third-order valence-corrected chi connectivity index (χ3v) is 3.37. The van der Waals surface area contributed by atoms with Gasteiger partial charge in [-0.1, -0.05) is 6.07 Å². The highest BCUT2D eigenvalue weighted by atomic mass is 79.9. The first kappa shape index (κ1) is 16.5. The predicted molar refractivity (Wildman–Crippen MR) is 78.9 cm³/mol. The Hall–Kier alpha value is -1.56. The number of rotatable bonds is 7. The number of aryl methyl sites for hydroxylation is 1. The Morgan fingerprint density at radius 1 is 1.40 bits per heavy atom. The van der Waals surface area contributed by atoms with Crippen LogP contribution in [0, 0.1) is 6.92 Å². The van der Waals surface area contributed by atoms with Crippen molar-refractivity contribution in [2.75, 3.05) is 20.2 Å². The second-order valence-corrected chi connectivity index (χ2v) is 5.39. The van der Waals surface area contributed by atoms with Gasteiger partial charge in [0.2, 0.25) is 0 Å². The van der Waals surface area contributed by atoms with Crippen molar-refractivity contribution in [3.63, 3.8) is 0 Å². The molecular formula is C14H18BrNO4. The minimum Gasteiger partial charge on any atom is -0.483 e. The van der Waals surface area contributed by atoms with E-state index in [9.17, 15) is 9.59 Å². The molecule has 0 aliphatic rings. The number of halogens is 1. The molecule has 0 saturated carbocycles. The summed E-state index contributed by atoms with van der Waals surface area (Å²) in [5, 5.41) is 8.54. The quantitative estimate of drug-likeness (QED) is 0.825. The number of hydrogen-bond acceptors (Lipinski definition) is 3. The number of nitrogens with zero attached hydrogens (tertiary/aromatic N) is 1. The van der Waals surface area contributed by atoms with Gasteiger partial charge in [-0.3, -0.25) is 9.59 Å². The molecule has 0 aliphatic carbocycles. The molecule has 0 spiro atoms. The van der Waals surface area contributed by atoms with Crippen molar-refractivity contribution >= 4 is 27.8 Å². The van der Waals surface area contributed by atoms with E-state index in [1.54, 1.807) is 13.1 Å². The fourth-order valence-corrected chi connectivity index (χ4v) is 2.17. The largest absolute Gasteiger partial charge is 0.483 e. The van der Waals surface area contributed by atoms with Crippen molar-refractivity contribution in [3.05, 3.63) is 28.2 Å². The zero-order valence-corrected chi connectivity index (χ0v) is 13.1. The van der Waals surface area contributed by atoms with Gasteiger partial charge < -0.3 is 14.7 Å². The van der Waals surface area contributed by atoms with Crippen LogP contribution in [0.2, 0.25) is 0 Å². The van der Waals surface area contributed by atoms with E-state index in [4.69, 9.17) is 9.84 Å². The number of likely N-dealkylation sites (N-methyl/N-ethyl adjacent to an activating group) is 1. The number of aliphatic carboxylic acids is 1. The van der Waals surface area contributed by atoms with Crippen molar-refractivity contribution in [1.29, 1.82) is 0 Å². The van der Waals surface area contributed by atoms with E-state index >= 15 is 0 Å². The monoisotopic (exact) mass is 343 g/mol. The summed E-state index contributed by atoms with van der Waals surface area (Å²) in [6.07, 6.45) is 0.494. The summed E-state index contributed by atoms with van der Waals surface area (Å²) < 4.78 is 6.25. The summed E-state index contributed by atoms with van der Waals surface area (Å²) in [5.41, 5.74) is 1.10. The number of benzene rings is 1. The van der Waals surface area contributed by atoms with Gasteiger partial charge in [-0.05, 0) is 47.0 Å². The molecule has 0 unspecified atom stereocenters. The summed E-state index contributed by atoms with van der Waals surface area (Å²) in [6.45, 7) is 2.31. The predicted octanol–water partition coefficient (Wildman–Crippen LogP) is 2.46. The summed E-state index contributed by atoms with van der Waals surface area (Å²) in [7, 11) is 1.64. The first-order valence-electron chi connectivity index (χ1n) is 6.25. The maximum Gasteiger partial charge on any atom is 0.303 e. The highest BCUT2D eigenvalue weighted by molar-refractivity contribution is 9.10. The molecule has 0 atom stereocenters. The third kappa shape index (κ3) is 5.61. The molecule has 0 radical (unpaired) electrons. The summed E-state index contributed by atoms with van der Waals surface area (Å²) >= 11 is 3.38. The van der Waals surface area contributed by atoms with Gasteiger partial charge in [-0.2, -0.15) is 0 Å². The van der Waals surface area contributed by atoms with Crippen molar-refractivity contribution in [1.82, 2.24) is 4.90 Å². The summed E-state index contributed by atoms with van der Waals surface area (Å²) in [5.74, 6) is -0.420. The standard InChI is InChI=1S/C14H18BrNO4/c1-10-5-6-12(11(15)8-10)20-9-13(17)16(2)7-3-4-14(18)19/h5-6,8H,3-4,7,9H2,1-2H3,(H,18,19). The van der Waals surface area contributed by atoms with E-state index in [0.717, 1.165) is 10.0 Å². The van der Waals surface area contributed by atoms with Crippen molar-refractivity contribution in [3.8, 4) is 5.75 Å². The molecule has 0 fully saturated rings. The van der Waals surface area contributed by atoms with E-state index in [-0.39, 0.29) is 18.9 Å². The van der Waals surface area contributed by atoms with Gasteiger partial charge in [0.05, 0.1) is 4.47 Å². The topological polar surface area (TPSA) is 66.8 Å². The lowest BCUT2D eigenvalue weighted by Gasteiger charge is -2.17. The average molecular weight is 344 g/mol.